The number of anilines is 1. The Morgan fingerprint density at radius 3 is 2.72 bits per heavy atom. The number of carbonyl (C=O) groups excluding carboxylic acids is 1. The number of hydrogen-bond acceptors (Lipinski definition) is 7. The molecular weight excluding hydrogens is 384 g/mol. The van der Waals surface area contributed by atoms with Gasteiger partial charge in [0.15, 0.2) is 5.78 Å². The molecule has 2 aromatic heterocycles. The summed E-state index contributed by atoms with van der Waals surface area (Å²) in [5.74, 6) is 0.982. The summed E-state index contributed by atoms with van der Waals surface area (Å²) in [5, 5.41) is 5.82. The number of fused-ring (bicyclic) bond motifs is 3. The predicted molar refractivity (Wildman–Crippen MR) is 117 cm³/mol. The number of thiophene rings is 1. The lowest BCUT2D eigenvalue weighted by Crippen LogP contribution is -2.46. The van der Waals surface area contributed by atoms with Crippen molar-refractivity contribution >= 4 is 43.2 Å². The van der Waals surface area contributed by atoms with Crippen molar-refractivity contribution in [2.75, 3.05) is 31.6 Å². The highest BCUT2D eigenvalue weighted by Crippen LogP contribution is 2.37. The van der Waals surface area contributed by atoms with Crippen LogP contribution in [0.25, 0.3) is 20.3 Å². The van der Waals surface area contributed by atoms with E-state index in [0.29, 0.717) is 12.1 Å². The molecular formula is C22H26N4O2S. The summed E-state index contributed by atoms with van der Waals surface area (Å²) < 4.78 is 6.64. The molecule has 1 saturated heterocycles. The molecule has 0 bridgehead atoms. The van der Waals surface area contributed by atoms with Gasteiger partial charge in [0.2, 0.25) is 0 Å². The third kappa shape index (κ3) is 3.74. The molecule has 2 aliphatic rings. The summed E-state index contributed by atoms with van der Waals surface area (Å²) in [6.45, 7) is 5.47. The first-order valence-corrected chi connectivity index (χ1v) is 11.3. The molecule has 0 amide bonds. The molecule has 152 valence electrons. The Bertz CT molecular complexity index is 1040. The molecule has 1 aromatic carbocycles. The van der Waals surface area contributed by atoms with Gasteiger partial charge < -0.3 is 10.1 Å². The molecule has 1 aliphatic carbocycles. The fourth-order valence-electron chi connectivity index (χ4n) is 4.66. The lowest BCUT2D eigenvalue weighted by atomic mass is 9.90. The number of benzene rings is 1. The average Bonchev–Trinajstić information content (AvgIpc) is 3.13. The largest absolute Gasteiger partial charge is 0.379 e. The zero-order valence-corrected chi connectivity index (χ0v) is 17.5. The molecule has 1 aliphatic heterocycles. The van der Waals surface area contributed by atoms with Gasteiger partial charge in [-0.1, -0.05) is 0 Å². The third-order valence-corrected chi connectivity index (χ3v) is 7.35. The number of nitrogens with zero attached hydrogens (tertiary/aromatic N) is 3. The minimum Gasteiger partial charge on any atom is -0.379 e. The SMILES string of the molecule is CC(=O)c1ccc2sc3ncnc(N[C@H]4CC[C@H](N5CCOCC5)CC4)c3c2c1. The molecule has 0 radical (unpaired) electrons. The zero-order valence-electron chi connectivity index (χ0n) is 16.7. The molecule has 7 heteroatoms. The molecule has 3 heterocycles. The predicted octanol–water partition coefficient (Wildman–Crippen LogP) is 4.10. The van der Waals surface area contributed by atoms with Gasteiger partial charge in [0, 0.05) is 40.8 Å². The van der Waals surface area contributed by atoms with Crippen LogP contribution in [0.5, 0.6) is 0 Å². The molecule has 6 nitrogen and oxygen atoms in total. The Morgan fingerprint density at radius 2 is 1.97 bits per heavy atom. The van der Waals surface area contributed by atoms with Crippen LogP contribution in [0.15, 0.2) is 24.5 Å². The summed E-state index contributed by atoms with van der Waals surface area (Å²) in [7, 11) is 0. The maximum absolute atomic E-state index is 11.9. The van der Waals surface area contributed by atoms with Crippen LogP contribution in [0.3, 0.4) is 0 Å². The fourth-order valence-corrected chi connectivity index (χ4v) is 5.68. The first kappa shape index (κ1) is 18.9. The second-order valence-electron chi connectivity index (χ2n) is 8.07. The summed E-state index contributed by atoms with van der Waals surface area (Å²) >= 11 is 1.66. The van der Waals surface area contributed by atoms with Crippen LogP contribution < -0.4 is 5.32 Å². The molecule has 2 fully saturated rings. The van der Waals surface area contributed by atoms with E-state index < -0.39 is 0 Å². The Kier molecular flexibility index (Phi) is 5.20. The summed E-state index contributed by atoms with van der Waals surface area (Å²) in [5.41, 5.74) is 0.734. The number of nitrogens with one attached hydrogen (secondary N) is 1. The van der Waals surface area contributed by atoms with E-state index in [1.807, 2.05) is 18.2 Å². The van der Waals surface area contributed by atoms with E-state index in [9.17, 15) is 4.79 Å². The Hall–Kier alpha value is -2.09. The normalized spacial score (nSPS) is 23.5. The van der Waals surface area contributed by atoms with Crippen molar-refractivity contribution in [2.45, 2.75) is 44.7 Å². The number of aromatic nitrogens is 2. The maximum Gasteiger partial charge on any atom is 0.159 e. The average molecular weight is 411 g/mol. The Balaban J connectivity index is 1.37. The van der Waals surface area contributed by atoms with Gasteiger partial charge >= 0.3 is 0 Å². The fraction of sp³-hybridized carbons (Fsp3) is 0.500. The van der Waals surface area contributed by atoms with Crippen molar-refractivity contribution in [3.05, 3.63) is 30.1 Å². The van der Waals surface area contributed by atoms with Gasteiger partial charge in [0.25, 0.3) is 0 Å². The van der Waals surface area contributed by atoms with E-state index in [0.717, 1.165) is 70.8 Å². The minimum atomic E-state index is 0.0824. The molecule has 3 aromatic rings. The van der Waals surface area contributed by atoms with Crippen molar-refractivity contribution in [3.8, 4) is 0 Å². The highest BCUT2D eigenvalue weighted by Gasteiger charge is 2.27. The zero-order chi connectivity index (χ0) is 19.8. The maximum atomic E-state index is 11.9. The van der Waals surface area contributed by atoms with Crippen LogP contribution in [0, 0.1) is 0 Å². The second-order valence-corrected chi connectivity index (χ2v) is 9.10. The van der Waals surface area contributed by atoms with Gasteiger partial charge in [-0.25, -0.2) is 9.97 Å². The van der Waals surface area contributed by atoms with Gasteiger partial charge in [0.1, 0.15) is 17.0 Å². The van der Waals surface area contributed by atoms with E-state index in [1.165, 1.54) is 12.8 Å². The van der Waals surface area contributed by atoms with Crippen LogP contribution in [0.4, 0.5) is 5.82 Å². The first-order chi connectivity index (χ1) is 14.2. The number of Topliss-reactive ketones (excluding diaryl/α,β-unsaturated/α-hetero) is 1. The monoisotopic (exact) mass is 410 g/mol. The number of hydrogen-bond donors (Lipinski definition) is 1. The first-order valence-electron chi connectivity index (χ1n) is 10.5. The van der Waals surface area contributed by atoms with Crippen molar-refractivity contribution in [1.29, 1.82) is 0 Å². The van der Waals surface area contributed by atoms with E-state index in [1.54, 1.807) is 24.6 Å². The van der Waals surface area contributed by atoms with Gasteiger partial charge in [-0.3, -0.25) is 9.69 Å². The number of morpholine rings is 1. The number of ketones is 1. The van der Waals surface area contributed by atoms with Crippen LogP contribution in [0.1, 0.15) is 43.0 Å². The molecule has 29 heavy (non-hydrogen) atoms. The number of ether oxygens (including phenoxy) is 1. The summed E-state index contributed by atoms with van der Waals surface area (Å²) in [6.07, 6.45) is 6.36. The third-order valence-electron chi connectivity index (χ3n) is 6.27. The highest BCUT2D eigenvalue weighted by molar-refractivity contribution is 7.25. The van der Waals surface area contributed by atoms with Gasteiger partial charge in [-0.2, -0.15) is 0 Å². The van der Waals surface area contributed by atoms with Crippen molar-refractivity contribution in [2.24, 2.45) is 0 Å². The molecule has 1 N–H and O–H groups in total. The highest BCUT2D eigenvalue weighted by atomic mass is 32.1. The summed E-state index contributed by atoms with van der Waals surface area (Å²) in [6, 6.07) is 7.02. The van der Waals surface area contributed by atoms with E-state index in [-0.39, 0.29) is 5.78 Å². The lowest BCUT2D eigenvalue weighted by molar-refractivity contribution is 0.00791. The number of carbonyl (C=O) groups is 1. The molecule has 1 saturated carbocycles. The summed E-state index contributed by atoms with van der Waals surface area (Å²) in [4.78, 5) is 24.5. The van der Waals surface area contributed by atoms with Crippen molar-refractivity contribution in [1.82, 2.24) is 14.9 Å². The molecule has 0 spiro atoms. The Labute approximate surface area is 174 Å². The van der Waals surface area contributed by atoms with E-state index in [4.69, 9.17) is 4.74 Å². The quantitative estimate of drug-likeness (QED) is 0.653. The number of rotatable bonds is 4. The molecule has 0 unspecified atom stereocenters. The minimum absolute atomic E-state index is 0.0824. The van der Waals surface area contributed by atoms with Crippen LogP contribution >= 0.6 is 11.3 Å². The Morgan fingerprint density at radius 1 is 1.17 bits per heavy atom. The van der Waals surface area contributed by atoms with Crippen molar-refractivity contribution < 1.29 is 9.53 Å². The van der Waals surface area contributed by atoms with E-state index in [2.05, 4.69) is 20.2 Å². The second kappa shape index (κ2) is 7.97. The lowest BCUT2D eigenvalue weighted by Gasteiger charge is -2.39. The van der Waals surface area contributed by atoms with Crippen LogP contribution in [-0.2, 0) is 4.74 Å². The topological polar surface area (TPSA) is 67.4 Å². The van der Waals surface area contributed by atoms with Gasteiger partial charge in [-0.05, 0) is 50.8 Å². The molecule has 5 rings (SSSR count). The van der Waals surface area contributed by atoms with Crippen molar-refractivity contribution in [3.63, 3.8) is 0 Å². The smallest absolute Gasteiger partial charge is 0.159 e. The van der Waals surface area contributed by atoms with E-state index >= 15 is 0 Å². The van der Waals surface area contributed by atoms with Gasteiger partial charge in [-0.15, -0.1) is 11.3 Å². The van der Waals surface area contributed by atoms with Crippen LogP contribution in [0.2, 0.25) is 0 Å². The standard InChI is InChI=1S/C22H26N4O2S/c1-14(27)15-2-7-19-18(12-15)20-21(23-13-24-22(20)29-19)25-16-3-5-17(6-4-16)26-8-10-28-11-9-26/h2,7,12-13,16-17H,3-6,8-11H2,1H3,(H,23,24,25)/t16-,17-. The van der Waals surface area contributed by atoms with Gasteiger partial charge in [0.05, 0.1) is 18.6 Å². The van der Waals surface area contributed by atoms with Crippen LogP contribution in [-0.4, -0.2) is 59.0 Å². The molecule has 0 atom stereocenters.